The molecule has 144 valence electrons. The van der Waals surface area contributed by atoms with Crippen molar-refractivity contribution >= 4 is 11.7 Å². The third-order valence-electron chi connectivity index (χ3n) is 6.41. The molecule has 4 atom stereocenters. The van der Waals surface area contributed by atoms with Crippen LogP contribution in [0.4, 0.5) is 5.69 Å². The Balaban J connectivity index is 1.45. The second-order valence-corrected chi connectivity index (χ2v) is 7.88. The summed E-state index contributed by atoms with van der Waals surface area (Å²) in [5.41, 5.74) is 2.23. The van der Waals surface area contributed by atoms with E-state index in [0.717, 1.165) is 37.3 Å². The van der Waals surface area contributed by atoms with Gasteiger partial charge in [-0.05, 0) is 37.5 Å². The second-order valence-electron chi connectivity index (χ2n) is 7.88. The molecule has 4 aliphatic rings. The fraction of sp³-hybridized carbons (Fsp3) is 0.571. The number of hydrogen-bond acceptors (Lipinski definition) is 6. The Labute approximate surface area is 159 Å². The van der Waals surface area contributed by atoms with Crippen LogP contribution in [-0.2, 0) is 19.7 Å². The summed E-state index contributed by atoms with van der Waals surface area (Å²) in [5.74, 6) is 1.34. The predicted molar refractivity (Wildman–Crippen MR) is 99.6 cm³/mol. The van der Waals surface area contributed by atoms with E-state index in [1.54, 1.807) is 7.11 Å². The van der Waals surface area contributed by atoms with Gasteiger partial charge in [0.15, 0.2) is 17.6 Å². The van der Waals surface area contributed by atoms with E-state index >= 15 is 0 Å². The van der Waals surface area contributed by atoms with Gasteiger partial charge in [-0.3, -0.25) is 0 Å². The highest BCUT2D eigenvalue weighted by atomic mass is 16.6. The van der Waals surface area contributed by atoms with Crippen molar-refractivity contribution in [2.24, 2.45) is 0 Å². The molecular formula is C21H25NO5. The molecule has 5 rings (SSSR count). The molecule has 0 radical (unpaired) electrons. The van der Waals surface area contributed by atoms with Gasteiger partial charge in [-0.25, -0.2) is 4.79 Å². The molecule has 1 aromatic carbocycles. The lowest BCUT2D eigenvalue weighted by atomic mass is 9.67. The molecule has 0 saturated carbocycles. The number of nitrogens with zero attached hydrogens (tertiary/aromatic N) is 1. The number of anilines is 1. The van der Waals surface area contributed by atoms with E-state index < -0.39 is 6.10 Å². The number of ether oxygens (including phenoxy) is 4. The third-order valence-corrected chi connectivity index (χ3v) is 6.41. The number of carbonyl (C=O) groups excluding carboxylic acids is 1. The molecule has 0 aromatic heterocycles. The number of carbonyl (C=O) groups is 1. The van der Waals surface area contributed by atoms with E-state index in [4.69, 9.17) is 18.9 Å². The average Bonchev–Trinajstić information content (AvgIpc) is 3.32. The molecule has 6 nitrogen and oxygen atoms in total. The first kappa shape index (κ1) is 16.9. The van der Waals surface area contributed by atoms with Gasteiger partial charge in [0, 0.05) is 37.9 Å². The summed E-state index contributed by atoms with van der Waals surface area (Å²) < 4.78 is 23.1. The lowest BCUT2D eigenvalue weighted by Gasteiger charge is -2.42. The first-order valence-electron chi connectivity index (χ1n) is 9.73. The highest BCUT2D eigenvalue weighted by Gasteiger charge is 2.54. The van der Waals surface area contributed by atoms with Crippen LogP contribution in [0, 0.1) is 0 Å². The van der Waals surface area contributed by atoms with Gasteiger partial charge in [0.1, 0.15) is 12.2 Å². The average molecular weight is 371 g/mol. The van der Waals surface area contributed by atoms with Gasteiger partial charge in [0.2, 0.25) is 0 Å². The number of methoxy groups -OCH3 is 1. The molecule has 0 bridgehead atoms. The Morgan fingerprint density at radius 1 is 1.37 bits per heavy atom. The number of esters is 1. The number of hydrogen-bond donors (Lipinski definition) is 0. The maximum absolute atomic E-state index is 12.3. The van der Waals surface area contributed by atoms with Crippen molar-refractivity contribution in [1.82, 2.24) is 0 Å². The zero-order valence-corrected chi connectivity index (χ0v) is 15.8. The van der Waals surface area contributed by atoms with Crippen LogP contribution in [0.2, 0.25) is 0 Å². The van der Waals surface area contributed by atoms with Crippen LogP contribution < -0.4 is 14.4 Å². The van der Waals surface area contributed by atoms with Gasteiger partial charge < -0.3 is 23.8 Å². The van der Waals surface area contributed by atoms with Crippen LogP contribution in [0.25, 0.3) is 0 Å². The van der Waals surface area contributed by atoms with Crippen molar-refractivity contribution < 1.29 is 23.7 Å². The Bertz CT molecular complexity index is 800. The second kappa shape index (κ2) is 6.16. The molecule has 1 spiro atoms. The van der Waals surface area contributed by atoms with Crippen LogP contribution in [0.1, 0.15) is 31.2 Å². The van der Waals surface area contributed by atoms with E-state index in [-0.39, 0.29) is 23.6 Å². The molecule has 0 amide bonds. The van der Waals surface area contributed by atoms with E-state index in [1.807, 2.05) is 12.1 Å². The minimum Gasteiger partial charge on any atom is -0.493 e. The molecule has 1 fully saturated rings. The summed E-state index contributed by atoms with van der Waals surface area (Å²) >= 11 is 0. The molecule has 1 aliphatic carbocycles. The molecule has 1 saturated heterocycles. The molecule has 3 heterocycles. The summed E-state index contributed by atoms with van der Waals surface area (Å²) in [6, 6.07) is 4.08. The quantitative estimate of drug-likeness (QED) is 0.601. The third kappa shape index (κ3) is 2.46. The molecule has 2 unspecified atom stereocenters. The minimum atomic E-state index is -0.411. The van der Waals surface area contributed by atoms with Gasteiger partial charge in [0.25, 0.3) is 0 Å². The van der Waals surface area contributed by atoms with Crippen molar-refractivity contribution in [2.45, 2.75) is 49.4 Å². The summed E-state index contributed by atoms with van der Waals surface area (Å²) in [7, 11) is 3.78. The van der Waals surface area contributed by atoms with E-state index in [0.29, 0.717) is 13.0 Å². The smallest absolute Gasteiger partial charge is 0.335 e. The minimum absolute atomic E-state index is 0.0523. The Morgan fingerprint density at radius 2 is 2.26 bits per heavy atom. The molecule has 3 aliphatic heterocycles. The van der Waals surface area contributed by atoms with E-state index in [1.165, 1.54) is 11.3 Å². The molecule has 0 N–H and O–H groups in total. The predicted octanol–water partition coefficient (Wildman–Crippen LogP) is 2.58. The monoisotopic (exact) mass is 371 g/mol. The van der Waals surface area contributed by atoms with E-state index in [2.05, 4.69) is 24.1 Å². The number of rotatable bonds is 3. The lowest BCUT2D eigenvalue weighted by Crippen LogP contribution is -2.47. The van der Waals surface area contributed by atoms with Crippen LogP contribution in [0.15, 0.2) is 24.3 Å². The highest BCUT2D eigenvalue weighted by Crippen LogP contribution is 2.58. The largest absolute Gasteiger partial charge is 0.493 e. The van der Waals surface area contributed by atoms with Crippen LogP contribution in [-0.4, -0.2) is 51.6 Å². The summed E-state index contributed by atoms with van der Waals surface area (Å²) in [6.45, 7) is 1.60. The van der Waals surface area contributed by atoms with Crippen molar-refractivity contribution in [3.05, 3.63) is 29.8 Å². The maximum Gasteiger partial charge on any atom is 0.335 e. The summed E-state index contributed by atoms with van der Waals surface area (Å²) in [5, 5.41) is 0. The van der Waals surface area contributed by atoms with Crippen molar-refractivity contribution in [1.29, 1.82) is 0 Å². The number of benzene rings is 1. The van der Waals surface area contributed by atoms with Crippen molar-refractivity contribution in [2.75, 3.05) is 32.2 Å². The Kier molecular flexibility index (Phi) is 3.86. The highest BCUT2D eigenvalue weighted by molar-refractivity contribution is 5.76. The van der Waals surface area contributed by atoms with Gasteiger partial charge in [0.05, 0.1) is 12.5 Å². The summed E-state index contributed by atoms with van der Waals surface area (Å²) in [4.78, 5) is 14.6. The molecule has 6 heteroatoms. The Hall–Kier alpha value is -2.21. The van der Waals surface area contributed by atoms with Gasteiger partial charge in [-0.15, -0.1) is 0 Å². The lowest BCUT2D eigenvalue weighted by molar-refractivity contribution is -0.159. The van der Waals surface area contributed by atoms with Crippen molar-refractivity contribution in [3.63, 3.8) is 0 Å². The fourth-order valence-electron chi connectivity index (χ4n) is 4.94. The normalized spacial score (nSPS) is 33.3. The topological polar surface area (TPSA) is 57.2 Å². The zero-order valence-electron chi connectivity index (χ0n) is 15.8. The van der Waals surface area contributed by atoms with Gasteiger partial charge >= 0.3 is 5.97 Å². The molecule has 1 aromatic rings. The van der Waals surface area contributed by atoms with Crippen LogP contribution >= 0.6 is 0 Å². The maximum atomic E-state index is 12.3. The van der Waals surface area contributed by atoms with Gasteiger partial charge in [-0.2, -0.15) is 0 Å². The molecular weight excluding hydrogens is 346 g/mol. The van der Waals surface area contributed by atoms with Crippen molar-refractivity contribution in [3.8, 4) is 11.5 Å². The standard InChI is InChI=1S/C21H25NO5/c1-22-10-9-21-8-7-13(26-20(23)16-4-3-11-25-16)12-17(21)27-19-15(24-2)6-5-14(22)18(19)21/h5-8,13,16-17H,3-4,9-12H2,1-2H3/t13-,16?,17?,21-/m0/s1. The van der Waals surface area contributed by atoms with Gasteiger partial charge in [-0.1, -0.05) is 6.08 Å². The van der Waals surface area contributed by atoms with Crippen LogP contribution in [0.5, 0.6) is 11.5 Å². The summed E-state index contributed by atoms with van der Waals surface area (Å²) in [6.07, 6.45) is 6.79. The first-order chi connectivity index (χ1) is 13.1. The Morgan fingerprint density at radius 3 is 3.04 bits per heavy atom. The first-order valence-corrected chi connectivity index (χ1v) is 9.73. The van der Waals surface area contributed by atoms with E-state index in [9.17, 15) is 4.79 Å². The SMILES string of the molecule is COc1ccc2c3c1OC1C[C@@H](OC(=O)C4CCCO4)C=C[C@@]31CCN2C. The fourth-order valence-corrected chi connectivity index (χ4v) is 4.94. The van der Waals surface area contributed by atoms with Crippen LogP contribution in [0.3, 0.4) is 0 Å². The zero-order chi connectivity index (χ0) is 18.6. The molecule has 27 heavy (non-hydrogen) atoms.